The SMILES string of the molecule is CCC(=C(c1ccc(C=CC(=O)O)cc1)c1ccc2[nH]ncc2c1)c1cc(OC)ccc1Cl. The highest BCUT2D eigenvalue weighted by molar-refractivity contribution is 6.32. The Labute approximate surface area is 197 Å². The molecule has 0 spiro atoms. The summed E-state index contributed by atoms with van der Waals surface area (Å²) in [5.74, 6) is -0.242. The van der Waals surface area contributed by atoms with Crippen LogP contribution in [0, 0.1) is 0 Å². The van der Waals surface area contributed by atoms with Gasteiger partial charge in [0.15, 0.2) is 0 Å². The normalized spacial score (nSPS) is 12.2. The molecule has 2 N–H and O–H groups in total. The van der Waals surface area contributed by atoms with Gasteiger partial charge in [0.1, 0.15) is 5.75 Å². The number of nitrogens with zero attached hydrogens (tertiary/aromatic N) is 1. The molecule has 0 atom stereocenters. The topological polar surface area (TPSA) is 75.2 Å². The number of aromatic amines is 1. The number of nitrogens with one attached hydrogen (secondary N) is 1. The molecule has 0 unspecified atom stereocenters. The van der Waals surface area contributed by atoms with Crippen LogP contribution >= 0.6 is 11.6 Å². The molecule has 4 rings (SSSR count). The summed E-state index contributed by atoms with van der Waals surface area (Å²) >= 11 is 6.65. The van der Waals surface area contributed by atoms with E-state index in [2.05, 4.69) is 29.3 Å². The maximum absolute atomic E-state index is 10.9. The lowest BCUT2D eigenvalue weighted by molar-refractivity contribution is -0.131. The van der Waals surface area contributed by atoms with E-state index in [1.54, 1.807) is 19.4 Å². The smallest absolute Gasteiger partial charge is 0.328 e. The van der Waals surface area contributed by atoms with Gasteiger partial charge in [-0.2, -0.15) is 5.10 Å². The number of allylic oxidation sites excluding steroid dienone is 1. The Morgan fingerprint density at radius 3 is 2.55 bits per heavy atom. The third kappa shape index (κ3) is 4.83. The van der Waals surface area contributed by atoms with Crippen molar-refractivity contribution < 1.29 is 14.6 Å². The van der Waals surface area contributed by atoms with E-state index in [0.29, 0.717) is 5.02 Å². The van der Waals surface area contributed by atoms with Crippen LogP contribution in [0.5, 0.6) is 5.75 Å². The van der Waals surface area contributed by atoms with Crippen LogP contribution in [0.3, 0.4) is 0 Å². The largest absolute Gasteiger partial charge is 0.497 e. The first-order valence-corrected chi connectivity index (χ1v) is 10.9. The minimum absolute atomic E-state index is 0.649. The fraction of sp³-hybridized carbons (Fsp3) is 0.111. The maximum Gasteiger partial charge on any atom is 0.328 e. The van der Waals surface area contributed by atoms with Gasteiger partial charge >= 0.3 is 5.97 Å². The number of aliphatic carboxylic acids is 1. The fourth-order valence-electron chi connectivity index (χ4n) is 3.91. The average molecular weight is 459 g/mol. The Hall–Kier alpha value is -3.83. The van der Waals surface area contributed by atoms with Crippen molar-refractivity contribution in [2.75, 3.05) is 7.11 Å². The third-order valence-electron chi connectivity index (χ3n) is 5.50. The number of halogens is 1. The van der Waals surface area contributed by atoms with Crippen molar-refractivity contribution in [2.45, 2.75) is 13.3 Å². The minimum Gasteiger partial charge on any atom is -0.497 e. The van der Waals surface area contributed by atoms with Gasteiger partial charge in [0.25, 0.3) is 0 Å². The summed E-state index contributed by atoms with van der Waals surface area (Å²) in [6.45, 7) is 2.10. The molecule has 33 heavy (non-hydrogen) atoms. The summed E-state index contributed by atoms with van der Waals surface area (Å²) in [5.41, 5.74) is 6.85. The van der Waals surface area contributed by atoms with Gasteiger partial charge in [-0.3, -0.25) is 5.10 Å². The highest BCUT2D eigenvalue weighted by atomic mass is 35.5. The molecule has 3 aromatic carbocycles. The first-order valence-electron chi connectivity index (χ1n) is 10.5. The number of methoxy groups -OCH3 is 1. The number of rotatable bonds is 7. The standard InChI is InChI=1S/C27H23ClN2O3/c1-3-22(23-15-21(33-2)10-11-24(23)28)27(19-9-12-25-20(14-19)16-29-30-25)18-7-4-17(5-8-18)6-13-26(31)32/h4-16H,3H2,1-2H3,(H,29,30)(H,31,32). The number of aromatic nitrogens is 2. The predicted molar refractivity (Wildman–Crippen MR) is 133 cm³/mol. The van der Waals surface area contributed by atoms with Gasteiger partial charge in [-0.1, -0.05) is 48.9 Å². The molecule has 0 aliphatic rings. The Bertz CT molecular complexity index is 1370. The minimum atomic E-state index is -0.978. The summed E-state index contributed by atoms with van der Waals surface area (Å²) in [7, 11) is 1.64. The van der Waals surface area contributed by atoms with Crippen LogP contribution in [-0.2, 0) is 4.79 Å². The molecule has 4 aromatic rings. The van der Waals surface area contributed by atoms with E-state index in [9.17, 15) is 4.79 Å². The summed E-state index contributed by atoms with van der Waals surface area (Å²) < 4.78 is 5.46. The van der Waals surface area contributed by atoms with E-state index in [1.807, 2.05) is 48.5 Å². The monoisotopic (exact) mass is 458 g/mol. The Kier molecular flexibility index (Phi) is 6.61. The van der Waals surface area contributed by atoms with E-state index in [1.165, 1.54) is 0 Å². The van der Waals surface area contributed by atoms with Crippen LogP contribution in [0.2, 0.25) is 5.02 Å². The van der Waals surface area contributed by atoms with Gasteiger partial charge in [-0.05, 0) is 70.7 Å². The number of ether oxygens (including phenoxy) is 1. The zero-order chi connectivity index (χ0) is 23.4. The van der Waals surface area contributed by atoms with E-state index in [4.69, 9.17) is 21.4 Å². The van der Waals surface area contributed by atoms with E-state index < -0.39 is 5.97 Å². The van der Waals surface area contributed by atoms with Crippen molar-refractivity contribution in [1.29, 1.82) is 0 Å². The molecule has 0 saturated carbocycles. The summed E-state index contributed by atoms with van der Waals surface area (Å²) in [6.07, 6.45) is 5.26. The fourth-order valence-corrected chi connectivity index (χ4v) is 4.14. The molecule has 0 radical (unpaired) electrons. The van der Waals surface area contributed by atoms with Crippen LogP contribution in [0.1, 0.15) is 35.6 Å². The van der Waals surface area contributed by atoms with Gasteiger partial charge in [0.2, 0.25) is 0 Å². The zero-order valence-electron chi connectivity index (χ0n) is 18.3. The average Bonchev–Trinajstić information content (AvgIpc) is 3.30. The lowest BCUT2D eigenvalue weighted by Gasteiger charge is -2.18. The van der Waals surface area contributed by atoms with Gasteiger partial charge < -0.3 is 9.84 Å². The van der Waals surface area contributed by atoms with Crippen molar-refractivity contribution in [3.05, 3.63) is 100 Å². The van der Waals surface area contributed by atoms with Crippen LogP contribution in [0.25, 0.3) is 28.1 Å². The summed E-state index contributed by atoms with van der Waals surface area (Å²) in [5, 5.41) is 17.7. The number of carboxylic acids is 1. The summed E-state index contributed by atoms with van der Waals surface area (Å²) in [6, 6.07) is 19.7. The first kappa shape index (κ1) is 22.4. The lowest BCUT2D eigenvalue weighted by atomic mass is 9.87. The second-order valence-electron chi connectivity index (χ2n) is 7.52. The van der Waals surface area contributed by atoms with E-state index in [-0.39, 0.29) is 0 Å². The molecule has 0 amide bonds. The lowest BCUT2D eigenvalue weighted by Crippen LogP contribution is -1.97. The van der Waals surface area contributed by atoms with E-state index in [0.717, 1.165) is 62.5 Å². The molecule has 0 aliphatic heterocycles. The quantitative estimate of drug-likeness (QED) is 0.239. The second kappa shape index (κ2) is 9.76. The summed E-state index contributed by atoms with van der Waals surface area (Å²) in [4.78, 5) is 10.9. The van der Waals surface area contributed by atoms with Crippen LogP contribution in [0.4, 0.5) is 0 Å². The maximum atomic E-state index is 10.9. The molecule has 0 fully saturated rings. The number of hydrogen-bond acceptors (Lipinski definition) is 3. The zero-order valence-corrected chi connectivity index (χ0v) is 19.1. The number of benzene rings is 3. The van der Waals surface area contributed by atoms with Crippen molar-refractivity contribution in [2.24, 2.45) is 0 Å². The third-order valence-corrected chi connectivity index (χ3v) is 5.83. The van der Waals surface area contributed by atoms with Gasteiger partial charge in [-0.25, -0.2) is 4.79 Å². The molecule has 0 aliphatic carbocycles. The highest BCUT2D eigenvalue weighted by Gasteiger charge is 2.17. The number of carboxylic acid groups (broad SMARTS) is 1. The second-order valence-corrected chi connectivity index (χ2v) is 7.93. The first-order chi connectivity index (χ1) is 16.0. The number of fused-ring (bicyclic) bond motifs is 1. The van der Waals surface area contributed by atoms with Gasteiger partial charge in [0.05, 0.1) is 18.8 Å². The van der Waals surface area contributed by atoms with Crippen LogP contribution in [-0.4, -0.2) is 28.4 Å². The van der Waals surface area contributed by atoms with E-state index >= 15 is 0 Å². The molecule has 1 heterocycles. The molecule has 6 heteroatoms. The molecule has 166 valence electrons. The van der Waals surface area contributed by atoms with Crippen molar-refractivity contribution in [1.82, 2.24) is 10.2 Å². The van der Waals surface area contributed by atoms with Gasteiger partial charge in [0, 0.05) is 22.0 Å². The molecule has 0 saturated heterocycles. The number of H-pyrrole nitrogens is 1. The van der Waals surface area contributed by atoms with Gasteiger partial charge in [-0.15, -0.1) is 0 Å². The number of carbonyl (C=O) groups is 1. The van der Waals surface area contributed by atoms with Crippen molar-refractivity contribution in [3.8, 4) is 5.75 Å². The molecule has 5 nitrogen and oxygen atoms in total. The Morgan fingerprint density at radius 1 is 1.09 bits per heavy atom. The molecular weight excluding hydrogens is 436 g/mol. The van der Waals surface area contributed by atoms with Crippen molar-refractivity contribution >= 4 is 45.7 Å². The molecule has 1 aromatic heterocycles. The Balaban J connectivity index is 1.95. The van der Waals surface area contributed by atoms with Crippen LogP contribution in [0.15, 0.2) is 72.9 Å². The molecular formula is C27H23ClN2O3. The highest BCUT2D eigenvalue weighted by Crippen LogP contribution is 2.39. The molecule has 0 bridgehead atoms. The van der Waals surface area contributed by atoms with Crippen molar-refractivity contribution in [3.63, 3.8) is 0 Å². The predicted octanol–water partition coefficient (Wildman–Crippen LogP) is 6.69. The Morgan fingerprint density at radius 2 is 1.85 bits per heavy atom. The van der Waals surface area contributed by atoms with Crippen LogP contribution < -0.4 is 4.74 Å². The number of hydrogen-bond donors (Lipinski definition) is 2.